The molecule has 2 aromatic heterocycles. The van der Waals surface area contributed by atoms with Gasteiger partial charge >= 0.3 is 0 Å². The number of carbonyl (C=O) groups excluding carboxylic acids is 2. The van der Waals surface area contributed by atoms with Gasteiger partial charge in [0, 0.05) is 48.7 Å². The Balaban J connectivity index is 1.22. The van der Waals surface area contributed by atoms with Gasteiger partial charge in [-0.15, -0.1) is 0 Å². The number of nitrogens with one attached hydrogen (secondary N) is 1. The van der Waals surface area contributed by atoms with E-state index in [4.69, 9.17) is 27.3 Å². The number of hydrogen-bond acceptors (Lipinski definition) is 7. The molecule has 0 unspecified atom stereocenters. The van der Waals surface area contributed by atoms with E-state index in [0.717, 1.165) is 24.0 Å². The van der Waals surface area contributed by atoms with E-state index in [2.05, 4.69) is 21.1 Å². The molecule has 0 spiro atoms. The summed E-state index contributed by atoms with van der Waals surface area (Å²) < 4.78 is 7.23. The Kier molecular flexibility index (Phi) is 7.12. The SMILES string of the molecule is CN1CCN(C(=O)c2ccc3[nH]c(C(=O)c4cnn(-c5ccc(Oc6cccc(C#N)c6)cc5Cl)c4N)cc3c2)CC1. The monoisotopic (exact) mass is 579 g/mol. The maximum absolute atomic E-state index is 13.5. The fourth-order valence-corrected chi connectivity index (χ4v) is 5.19. The summed E-state index contributed by atoms with van der Waals surface area (Å²) in [5, 5.41) is 14.5. The maximum atomic E-state index is 13.5. The minimum atomic E-state index is -0.338. The zero-order valence-corrected chi connectivity index (χ0v) is 23.4. The number of carbonyl (C=O) groups is 2. The number of fused-ring (bicyclic) bond motifs is 1. The van der Waals surface area contributed by atoms with Gasteiger partial charge in [-0.3, -0.25) is 9.59 Å². The van der Waals surface area contributed by atoms with Crippen LogP contribution in [0.3, 0.4) is 0 Å². The summed E-state index contributed by atoms with van der Waals surface area (Å²) >= 11 is 6.55. The highest BCUT2D eigenvalue weighted by atomic mass is 35.5. The number of piperazine rings is 1. The molecule has 11 heteroatoms. The van der Waals surface area contributed by atoms with Gasteiger partial charge in [0.2, 0.25) is 5.78 Å². The molecule has 6 rings (SSSR count). The molecule has 1 fully saturated rings. The second kappa shape index (κ2) is 11.0. The molecule has 3 N–H and O–H groups in total. The second-order valence-electron chi connectivity index (χ2n) is 10.1. The Hall–Kier alpha value is -5.11. The zero-order valence-electron chi connectivity index (χ0n) is 22.7. The molecule has 1 aliphatic heterocycles. The number of halogens is 1. The Labute approximate surface area is 246 Å². The van der Waals surface area contributed by atoms with Crippen molar-refractivity contribution >= 4 is 40.0 Å². The summed E-state index contributed by atoms with van der Waals surface area (Å²) in [6.07, 6.45) is 1.40. The number of ether oxygens (including phenoxy) is 1. The number of H-pyrrole nitrogens is 1. The first-order valence-corrected chi connectivity index (χ1v) is 13.7. The Morgan fingerprint density at radius 2 is 1.81 bits per heavy atom. The van der Waals surface area contributed by atoms with E-state index in [-0.39, 0.29) is 23.1 Å². The molecule has 10 nitrogen and oxygen atoms in total. The molecule has 0 aliphatic carbocycles. The molecular formula is C31H26ClN7O3. The summed E-state index contributed by atoms with van der Waals surface area (Å²) in [4.78, 5) is 33.7. The number of nitrogens with zero attached hydrogens (tertiary/aromatic N) is 5. The van der Waals surface area contributed by atoms with Crippen molar-refractivity contribution in [2.45, 2.75) is 0 Å². The predicted octanol–water partition coefficient (Wildman–Crippen LogP) is 4.87. The lowest BCUT2D eigenvalue weighted by atomic mass is 10.1. The van der Waals surface area contributed by atoms with Crippen LogP contribution in [0.15, 0.2) is 72.9 Å². The van der Waals surface area contributed by atoms with Crippen LogP contribution in [0.4, 0.5) is 5.82 Å². The molecular weight excluding hydrogens is 554 g/mol. The van der Waals surface area contributed by atoms with Crippen molar-refractivity contribution in [3.05, 3.63) is 100 Å². The molecule has 0 bridgehead atoms. The highest BCUT2D eigenvalue weighted by Gasteiger charge is 2.23. The van der Waals surface area contributed by atoms with Gasteiger partial charge in [-0.1, -0.05) is 17.7 Å². The van der Waals surface area contributed by atoms with Crippen molar-refractivity contribution in [2.75, 3.05) is 39.0 Å². The molecule has 3 aromatic carbocycles. The maximum Gasteiger partial charge on any atom is 0.253 e. The average molecular weight is 580 g/mol. The van der Waals surface area contributed by atoms with Gasteiger partial charge in [-0.05, 0) is 61.6 Å². The molecule has 42 heavy (non-hydrogen) atoms. The number of nitrogen functional groups attached to an aromatic ring is 1. The first kappa shape index (κ1) is 27.1. The Morgan fingerprint density at radius 1 is 1.02 bits per heavy atom. The number of benzene rings is 3. The molecule has 210 valence electrons. The van der Waals surface area contributed by atoms with E-state index in [9.17, 15) is 9.59 Å². The number of ketones is 1. The van der Waals surface area contributed by atoms with Crippen LogP contribution in [0.25, 0.3) is 16.6 Å². The standard InChI is InChI=1S/C31H26ClN7O3/c1-37-9-11-38(12-10-37)31(41)20-5-7-26-21(14-20)15-27(36-26)29(40)24-18-35-39(30(24)34)28-8-6-23(16-25(28)32)42-22-4-2-3-19(13-22)17-33/h2-8,13-16,18,36H,9-12,34H2,1H3. The number of rotatable bonds is 6. The lowest BCUT2D eigenvalue weighted by Crippen LogP contribution is -2.47. The highest BCUT2D eigenvalue weighted by Crippen LogP contribution is 2.31. The number of nitrogens with two attached hydrogens (primary N) is 1. The lowest BCUT2D eigenvalue weighted by Gasteiger charge is -2.32. The van der Waals surface area contributed by atoms with Gasteiger partial charge < -0.3 is 25.3 Å². The molecule has 0 atom stereocenters. The van der Waals surface area contributed by atoms with Gasteiger partial charge in [0.15, 0.2) is 0 Å². The molecule has 0 saturated carbocycles. The molecule has 1 amide bonds. The van der Waals surface area contributed by atoms with Gasteiger partial charge in [-0.25, -0.2) is 4.68 Å². The molecule has 1 saturated heterocycles. The highest BCUT2D eigenvalue weighted by molar-refractivity contribution is 6.32. The summed E-state index contributed by atoms with van der Waals surface area (Å²) in [5.74, 6) is 0.730. The lowest BCUT2D eigenvalue weighted by molar-refractivity contribution is 0.0664. The fourth-order valence-electron chi connectivity index (χ4n) is 4.94. The largest absolute Gasteiger partial charge is 0.457 e. The van der Waals surface area contributed by atoms with Gasteiger partial charge in [0.05, 0.1) is 39.8 Å². The van der Waals surface area contributed by atoms with Crippen LogP contribution < -0.4 is 10.5 Å². The van der Waals surface area contributed by atoms with Crippen molar-refractivity contribution in [3.8, 4) is 23.3 Å². The number of anilines is 1. The van der Waals surface area contributed by atoms with Gasteiger partial charge in [0.25, 0.3) is 5.91 Å². The van der Waals surface area contributed by atoms with Crippen LogP contribution in [0.2, 0.25) is 5.02 Å². The summed E-state index contributed by atoms with van der Waals surface area (Å²) in [5.41, 5.74) is 9.18. The van der Waals surface area contributed by atoms with E-state index in [1.165, 1.54) is 10.9 Å². The molecule has 1 aliphatic rings. The smallest absolute Gasteiger partial charge is 0.253 e. The number of hydrogen-bond donors (Lipinski definition) is 2. The van der Waals surface area contributed by atoms with E-state index in [1.54, 1.807) is 60.7 Å². The Bertz CT molecular complexity index is 1880. The number of amides is 1. The van der Waals surface area contributed by atoms with Crippen LogP contribution in [0, 0.1) is 11.3 Å². The molecule has 3 heterocycles. The second-order valence-corrected chi connectivity index (χ2v) is 10.5. The topological polar surface area (TPSA) is 133 Å². The van der Waals surface area contributed by atoms with Crippen LogP contribution >= 0.6 is 11.6 Å². The van der Waals surface area contributed by atoms with Crippen LogP contribution in [-0.4, -0.2) is 69.5 Å². The third-order valence-corrected chi connectivity index (χ3v) is 7.60. The van der Waals surface area contributed by atoms with Gasteiger partial charge in [0.1, 0.15) is 17.3 Å². The third kappa shape index (κ3) is 5.19. The van der Waals surface area contributed by atoms with Crippen LogP contribution in [0.1, 0.15) is 32.0 Å². The molecule has 5 aromatic rings. The van der Waals surface area contributed by atoms with E-state index >= 15 is 0 Å². The minimum absolute atomic E-state index is 0.0198. The normalized spacial score (nSPS) is 13.7. The van der Waals surface area contributed by atoms with E-state index in [1.807, 2.05) is 18.0 Å². The van der Waals surface area contributed by atoms with Crippen molar-refractivity contribution in [2.24, 2.45) is 0 Å². The van der Waals surface area contributed by atoms with Crippen molar-refractivity contribution in [3.63, 3.8) is 0 Å². The zero-order chi connectivity index (χ0) is 29.4. The summed E-state index contributed by atoms with van der Waals surface area (Å²) in [6, 6.07) is 20.9. The summed E-state index contributed by atoms with van der Waals surface area (Å²) in [7, 11) is 2.04. The average Bonchev–Trinajstić information content (AvgIpc) is 3.60. The number of nitriles is 1. The van der Waals surface area contributed by atoms with E-state index < -0.39 is 0 Å². The number of likely N-dealkylation sites (N-methyl/N-ethyl adjacent to an activating group) is 1. The quantitative estimate of drug-likeness (QED) is 0.274. The van der Waals surface area contributed by atoms with Crippen molar-refractivity contribution in [1.82, 2.24) is 24.6 Å². The third-order valence-electron chi connectivity index (χ3n) is 7.30. The van der Waals surface area contributed by atoms with Crippen LogP contribution in [0.5, 0.6) is 11.5 Å². The van der Waals surface area contributed by atoms with E-state index in [0.29, 0.717) is 52.1 Å². The Morgan fingerprint density at radius 3 is 2.57 bits per heavy atom. The van der Waals surface area contributed by atoms with Crippen LogP contribution in [-0.2, 0) is 0 Å². The van der Waals surface area contributed by atoms with Crippen molar-refractivity contribution in [1.29, 1.82) is 5.26 Å². The first-order chi connectivity index (χ1) is 20.3. The minimum Gasteiger partial charge on any atom is -0.457 e. The predicted molar refractivity (Wildman–Crippen MR) is 159 cm³/mol. The van der Waals surface area contributed by atoms with Crippen molar-refractivity contribution < 1.29 is 14.3 Å². The fraction of sp³-hybridized carbons (Fsp3) is 0.161. The number of aromatic nitrogens is 3. The molecule has 0 radical (unpaired) electrons. The summed E-state index contributed by atoms with van der Waals surface area (Å²) in [6.45, 7) is 3.05. The first-order valence-electron chi connectivity index (χ1n) is 13.3. The number of aromatic amines is 1. The van der Waals surface area contributed by atoms with Gasteiger partial charge in [-0.2, -0.15) is 10.4 Å².